The van der Waals surface area contributed by atoms with Crippen LogP contribution in [0.3, 0.4) is 0 Å². The summed E-state index contributed by atoms with van der Waals surface area (Å²) in [6, 6.07) is 2.62. The normalized spacial score (nSPS) is 14.5. The second kappa shape index (κ2) is 15.2. The van der Waals surface area contributed by atoms with Gasteiger partial charge in [0.05, 0.1) is 11.0 Å². The van der Waals surface area contributed by atoms with Crippen molar-refractivity contribution in [1.29, 1.82) is 0 Å². The van der Waals surface area contributed by atoms with E-state index in [2.05, 4.69) is 26.6 Å². The number of carbonyl (C=O) groups is 4. The predicted octanol–water partition coefficient (Wildman–Crippen LogP) is 2.71. The Labute approximate surface area is 235 Å². The number of nitro benzene ring substituents is 1. The Bertz CT molecular complexity index is 1040. The molecule has 0 unspecified atom stereocenters. The highest BCUT2D eigenvalue weighted by Gasteiger charge is 2.29. The highest BCUT2D eigenvalue weighted by atomic mass is 16.6. The van der Waals surface area contributed by atoms with Gasteiger partial charge >= 0.3 is 6.09 Å². The van der Waals surface area contributed by atoms with Crippen molar-refractivity contribution in [1.82, 2.24) is 21.3 Å². The molecule has 0 fully saturated rings. The van der Waals surface area contributed by atoms with Crippen LogP contribution in [0.2, 0.25) is 0 Å². The van der Waals surface area contributed by atoms with Crippen LogP contribution in [0, 0.1) is 22.0 Å². The Morgan fingerprint density at radius 2 is 1.40 bits per heavy atom. The second-order valence-corrected chi connectivity index (χ2v) is 11.4. The Morgan fingerprint density at radius 1 is 0.825 bits per heavy atom. The number of ether oxygens (including phenoxy) is 1. The molecule has 0 aliphatic carbocycles. The van der Waals surface area contributed by atoms with Gasteiger partial charge in [-0.15, -0.1) is 0 Å². The number of alkyl carbamates (subject to hydrolysis) is 1. The number of rotatable bonds is 13. The maximum Gasteiger partial charge on any atom is 0.408 e. The monoisotopic (exact) mass is 564 g/mol. The predicted molar refractivity (Wildman–Crippen MR) is 152 cm³/mol. The summed E-state index contributed by atoms with van der Waals surface area (Å²) in [5.74, 6) is -1.47. The van der Waals surface area contributed by atoms with Gasteiger partial charge in [0.25, 0.3) is 5.69 Å². The fourth-order valence-electron chi connectivity index (χ4n) is 3.41. The standard InChI is InChI=1S/C27H44N6O7/c1-15(2)21(31-25(36)22(16(3)4)32-26(37)40-27(7,8)9)14-28-17(5)23(34)29-18(6)24(35)30-19-10-12-20(13-11-19)33(38)39/h10-13,15-18,21-22,28H,14H2,1-9H3,(H,29,34)(H,30,35)(H,31,36)(H,32,37)/t17-,18-,21+,22-/m0/s1. The van der Waals surface area contributed by atoms with E-state index in [1.165, 1.54) is 31.2 Å². The quantitative estimate of drug-likeness (QED) is 0.179. The Hall–Kier alpha value is -3.74. The van der Waals surface area contributed by atoms with Gasteiger partial charge in [-0.05, 0) is 58.6 Å². The van der Waals surface area contributed by atoms with E-state index < -0.39 is 46.6 Å². The Balaban J connectivity index is 2.67. The molecule has 0 spiro atoms. The van der Waals surface area contributed by atoms with Gasteiger partial charge < -0.3 is 31.3 Å². The van der Waals surface area contributed by atoms with Crippen LogP contribution in [0.25, 0.3) is 0 Å². The van der Waals surface area contributed by atoms with E-state index in [-0.39, 0.29) is 36.0 Å². The van der Waals surface area contributed by atoms with Gasteiger partial charge in [0.2, 0.25) is 17.7 Å². The number of carbonyl (C=O) groups excluding carboxylic acids is 4. The van der Waals surface area contributed by atoms with Gasteiger partial charge in [0, 0.05) is 30.4 Å². The molecule has 0 radical (unpaired) electrons. The van der Waals surface area contributed by atoms with Crippen LogP contribution in [0.4, 0.5) is 16.2 Å². The molecule has 4 amide bonds. The third-order valence-electron chi connectivity index (χ3n) is 5.89. The van der Waals surface area contributed by atoms with E-state index in [0.717, 1.165) is 0 Å². The first-order chi connectivity index (χ1) is 18.4. The molecule has 0 saturated carbocycles. The lowest BCUT2D eigenvalue weighted by atomic mass is 10.00. The molecular weight excluding hydrogens is 520 g/mol. The molecule has 0 heterocycles. The minimum absolute atomic E-state index is 0.00690. The molecular formula is C27H44N6O7. The van der Waals surface area contributed by atoms with Crippen LogP contribution in [0.15, 0.2) is 24.3 Å². The van der Waals surface area contributed by atoms with Crippen LogP contribution in [-0.4, -0.2) is 65.1 Å². The van der Waals surface area contributed by atoms with Crippen molar-refractivity contribution in [2.45, 2.75) is 92.1 Å². The van der Waals surface area contributed by atoms with Crippen molar-refractivity contribution in [2.75, 3.05) is 11.9 Å². The first-order valence-corrected chi connectivity index (χ1v) is 13.3. The summed E-state index contributed by atoms with van der Waals surface area (Å²) in [4.78, 5) is 60.7. The Morgan fingerprint density at radius 3 is 1.88 bits per heavy atom. The fourth-order valence-corrected chi connectivity index (χ4v) is 3.41. The topological polar surface area (TPSA) is 181 Å². The number of hydrogen-bond donors (Lipinski definition) is 5. The van der Waals surface area contributed by atoms with Crippen LogP contribution < -0.4 is 26.6 Å². The summed E-state index contributed by atoms with van der Waals surface area (Å²) < 4.78 is 5.28. The number of nitrogens with zero attached hydrogens (tertiary/aromatic N) is 1. The van der Waals surface area contributed by atoms with E-state index in [0.29, 0.717) is 5.69 Å². The summed E-state index contributed by atoms with van der Waals surface area (Å²) in [6.45, 7) is 16.1. The molecule has 224 valence electrons. The fraction of sp³-hybridized carbons (Fsp3) is 0.630. The first-order valence-electron chi connectivity index (χ1n) is 13.3. The first kappa shape index (κ1) is 34.3. The van der Waals surface area contributed by atoms with Gasteiger partial charge in [-0.3, -0.25) is 24.5 Å². The van der Waals surface area contributed by atoms with Crippen LogP contribution in [0.1, 0.15) is 62.3 Å². The van der Waals surface area contributed by atoms with Crippen molar-refractivity contribution in [3.63, 3.8) is 0 Å². The van der Waals surface area contributed by atoms with E-state index >= 15 is 0 Å². The molecule has 1 aromatic carbocycles. The molecule has 0 saturated heterocycles. The third kappa shape index (κ3) is 12.0. The maximum absolute atomic E-state index is 13.0. The van der Waals surface area contributed by atoms with Gasteiger partial charge in [0.1, 0.15) is 17.7 Å². The number of benzene rings is 1. The van der Waals surface area contributed by atoms with Crippen molar-refractivity contribution in [3.8, 4) is 0 Å². The van der Waals surface area contributed by atoms with Crippen molar-refractivity contribution < 1.29 is 28.8 Å². The average Bonchev–Trinajstić information content (AvgIpc) is 2.83. The summed E-state index contributed by atoms with van der Waals surface area (Å²) >= 11 is 0. The van der Waals surface area contributed by atoms with Crippen LogP contribution in [-0.2, 0) is 19.1 Å². The van der Waals surface area contributed by atoms with E-state index in [1.54, 1.807) is 27.7 Å². The number of non-ortho nitro benzene ring substituents is 1. The molecule has 0 aliphatic rings. The molecule has 1 rings (SSSR count). The van der Waals surface area contributed by atoms with Crippen molar-refractivity contribution >= 4 is 35.2 Å². The minimum Gasteiger partial charge on any atom is -0.444 e. The van der Waals surface area contributed by atoms with E-state index in [4.69, 9.17) is 4.74 Å². The minimum atomic E-state index is -0.877. The highest BCUT2D eigenvalue weighted by molar-refractivity contribution is 5.97. The second-order valence-electron chi connectivity index (χ2n) is 11.4. The lowest BCUT2D eigenvalue weighted by Gasteiger charge is -2.29. The van der Waals surface area contributed by atoms with Crippen molar-refractivity contribution in [2.24, 2.45) is 11.8 Å². The average molecular weight is 565 g/mol. The largest absolute Gasteiger partial charge is 0.444 e. The van der Waals surface area contributed by atoms with Gasteiger partial charge in [-0.1, -0.05) is 27.7 Å². The molecule has 13 nitrogen and oxygen atoms in total. The number of hydrogen-bond acceptors (Lipinski definition) is 8. The van der Waals surface area contributed by atoms with Gasteiger partial charge in [-0.2, -0.15) is 0 Å². The molecule has 0 bridgehead atoms. The zero-order valence-corrected chi connectivity index (χ0v) is 24.8. The number of nitrogens with one attached hydrogen (secondary N) is 5. The summed E-state index contributed by atoms with van der Waals surface area (Å²) in [7, 11) is 0. The lowest BCUT2D eigenvalue weighted by Crippen LogP contribution is -2.57. The molecule has 0 aromatic heterocycles. The number of amides is 4. The van der Waals surface area contributed by atoms with Crippen LogP contribution in [0.5, 0.6) is 0 Å². The number of anilines is 1. The highest BCUT2D eigenvalue weighted by Crippen LogP contribution is 2.15. The maximum atomic E-state index is 13.0. The molecule has 40 heavy (non-hydrogen) atoms. The van der Waals surface area contributed by atoms with Gasteiger partial charge in [-0.25, -0.2) is 4.79 Å². The van der Waals surface area contributed by atoms with E-state index in [9.17, 15) is 29.3 Å². The zero-order valence-electron chi connectivity index (χ0n) is 24.8. The molecule has 5 N–H and O–H groups in total. The smallest absolute Gasteiger partial charge is 0.408 e. The molecule has 0 aliphatic heterocycles. The zero-order chi connectivity index (χ0) is 30.8. The lowest BCUT2D eigenvalue weighted by molar-refractivity contribution is -0.384. The van der Waals surface area contributed by atoms with Crippen LogP contribution >= 0.6 is 0 Å². The summed E-state index contributed by atoms with van der Waals surface area (Å²) in [5.41, 5.74) is -0.445. The molecule has 13 heteroatoms. The summed E-state index contributed by atoms with van der Waals surface area (Å²) in [6.07, 6.45) is -0.683. The van der Waals surface area contributed by atoms with E-state index in [1.807, 2.05) is 27.7 Å². The van der Waals surface area contributed by atoms with Crippen molar-refractivity contribution in [3.05, 3.63) is 34.4 Å². The number of nitro groups is 1. The Kier molecular flexibility index (Phi) is 13.0. The van der Waals surface area contributed by atoms with Gasteiger partial charge in [0.15, 0.2) is 0 Å². The molecule has 4 atom stereocenters. The summed E-state index contributed by atoms with van der Waals surface area (Å²) in [5, 5.41) is 24.7. The molecule has 1 aromatic rings. The third-order valence-corrected chi connectivity index (χ3v) is 5.89. The SMILES string of the molecule is CC(C)[C@H](NC(=O)OC(C)(C)C)C(=O)N[C@H](CN[C@@H](C)C(=O)N[C@@H](C)C(=O)Nc1ccc([N+](=O)[O-])cc1)C(C)C.